The smallest absolute Gasteiger partial charge is 0.256 e. The largest absolute Gasteiger partial charge is 0.489 e. The van der Waals surface area contributed by atoms with Crippen molar-refractivity contribution in [2.75, 3.05) is 5.32 Å². The lowest BCUT2D eigenvalue weighted by atomic mass is 9.97. The summed E-state index contributed by atoms with van der Waals surface area (Å²) in [5, 5.41) is 17.4. The van der Waals surface area contributed by atoms with Crippen molar-refractivity contribution < 1.29 is 14.6 Å². The lowest BCUT2D eigenvalue weighted by molar-refractivity contribution is 0.0785. The third kappa shape index (κ3) is 5.11. The van der Waals surface area contributed by atoms with E-state index in [1.165, 1.54) is 0 Å². The maximum atomic E-state index is 12.9. The van der Waals surface area contributed by atoms with Crippen molar-refractivity contribution in [2.24, 2.45) is 0 Å². The summed E-state index contributed by atoms with van der Waals surface area (Å²) in [6.45, 7) is 3.87. The number of fused-ring (bicyclic) bond motifs is 1. The lowest BCUT2D eigenvalue weighted by Gasteiger charge is -2.17. The van der Waals surface area contributed by atoms with Crippen LogP contribution in [-0.4, -0.2) is 25.6 Å². The molecule has 0 aliphatic carbocycles. The topological polar surface area (TPSA) is 88.8 Å². The molecular weight excluding hydrogens is 452 g/mol. The summed E-state index contributed by atoms with van der Waals surface area (Å²) < 4.78 is 7.73. The van der Waals surface area contributed by atoms with Gasteiger partial charge >= 0.3 is 0 Å². The summed E-state index contributed by atoms with van der Waals surface area (Å²) >= 11 is 0. The Labute approximate surface area is 209 Å². The highest BCUT2D eigenvalue weighted by atomic mass is 16.5. The van der Waals surface area contributed by atoms with Gasteiger partial charge in [0.2, 0.25) is 0 Å². The molecule has 2 aromatic heterocycles. The summed E-state index contributed by atoms with van der Waals surface area (Å²) in [5.74, 6) is 0.843. The van der Waals surface area contributed by atoms with Gasteiger partial charge in [-0.15, -0.1) is 0 Å². The molecule has 0 saturated carbocycles. The van der Waals surface area contributed by atoms with E-state index >= 15 is 0 Å². The van der Waals surface area contributed by atoms with Gasteiger partial charge in [-0.05, 0) is 49.2 Å². The highest BCUT2D eigenvalue weighted by Crippen LogP contribution is 2.27. The second-order valence-electron chi connectivity index (χ2n) is 9.02. The fourth-order valence-electron chi connectivity index (χ4n) is 3.89. The molecule has 0 spiro atoms. The van der Waals surface area contributed by atoms with Gasteiger partial charge in [-0.2, -0.15) is 5.10 Å². The molecule has 5 aromatic rings. The van der Waals surface area contributed by atoms with E-state index in [-0.39, 0.29) is 5.91 Å². The summed E-state index contributed by atoms with van der Waals surface area (Å²) in [4.78, 5) is 17.5. The number of nitrogens with zero attached hydrogens (tertiary/aromatic N) is 3. The van der Waals surface area contributed by atoms with Crippen molar-refractivity contribution in [2.45, 2.75) is 26.1 Å². The highest BCUT2D eigenvalue weighted by Gasteiger charge is 2.17. The quantitative estimate of drug-likeness (QED) is 0.325. The third-order valence-corrected chi connectivity index (χ3v) is 5.83. The number of carbonyl (C=O) groups excluding carboxylic acids is 1. The Balaban J connectivity index is 1.40. The van der Waals surface area contributed by atoms with E-state index in [1.54, 1.807) is 61.0 Å². The normalized spacial score (nSPS) is 11.4. The molecule has 2 heterocycles. The minimum absolute atomic E-state index is 0.292. The van der Waals surface area contributed by atoms with Gasteiger partial charge in [0, 0.05) is 23.3 Å². The number of amides is 1. The molecule has 0 aliphatic heterocycles. The molecule has 1 amide bonds. The zero-order chi connectivity index (χ0) is 25.1. The first-order valence-electron chi connectivity index (χ1n) is 11.6. The first-order chi connectivity index (χ1) is 17.4. The molecule has 7 nitrogen and oxygen atoms in total. The van der Waals surface area contributed by atoms with Crippen LogP contribution in [0, 0.1) is 0 Å². The maximum absolute atomic E-state index is 12.9. The predicted octanol–water partition coefficient (Wildman–Crippen LogP) is 5.46. The first-order valence-corrected chi connectivity index (χ1v) is 11.6. The molecule has 0 bridgehead atoms. The van der Waals surface area contributed by atoms with E-state index in [2.05, 4.69) is 15.4 Å². The molecule has 2 N–H and O–H groups in total. The molecule has 180 valence electrons. The monoisotopic (exact) mass is 478 g/mol. The van der Waals surface area contributed by atoms with Crippen LogP contribution in [0.2, 0.25) is 0 Å². The predicted molar refractivity (Wildman–Crippen MR) is 139 cm³/mol. The molecule has 0 aliphatic rings. The van der Waals surface area contributed by atoms with Crippen molar-refractivity contribution in [3.8, 4) is 17.0 Å². The molecule has 0 radical (unpaired) electrons. The van der Waals surface area contributed by atoms with Gasteiger partial charge < -0.3 is 15.2 Å². The second-order valence-corrected chi connectivity index (χ2v) is 9.02. The van der Waals surface area contributed by atoms with E-state index in [0.29, 0.717) is 23.6 Å². The van der Waals surface area contributed by atoms with E-state index in [4.69, 9.17) is 4.74 Å². The highest BCUT2D eigenvalue weighted by molar-refractivity contribution is 6.04. The summed E-state index contributed by atoms with van der Waals surface area (Å²) in [5.41, 5.74) is 3.56. The van der Waals surface area contributed by atoms with Crippen molar-refractivity contribution in [3.05, 3.63) is 114 Å². The van der Waals surface area contributed by atoms with E-state index in [0.717, 1.165) is 28.1 Å². The standard InChI is InChI=1S/C29H26N4O3/c1-29(2,35)23-13-11-21(12-14-23)28(34)32-26-18-25(33-27(31-26)15-16-30-33)22-9-6-10-24(17-22)36-19-20-7-4-3-5-8-20/h3-18,35H,19H2,1-2H3,(H,31,32,34). The van der Waals surface area contributed by atoms with Crippen LogP contribution in [0.3, 0.4) is 0 Å². The number of hydrogen-bond donors (Lipinski definition) is 2. The Kier molecular flexibility index (Phi) is 6.23. The van der Waals surface area contributed by atoms with E-state index < -0.39 is 5.60 Å². The number of anilines is 1. The van der Waals surface area contributed by atoms with Crippen LogP contribution in [0.1, 0.15) is 35.3 Å². The third-order valence-electron chi connectivity index (χ3n) is 5.83. The summed E-state index contributed by atoms with van der Waals surface area (Å²) in [7, 11) is 0. The number of benzene rings is 3. The molecule has 3 aromatic carbocycles. The Morgan fingerprint density at radius 1 is 0.972 bits per heavy atom. The van der Waals surface area contributed by atoms with E-state index in [1.807, 2.05) is 54.6 Å². The van der Waals surface area contributed by atoms with Gasteiger partial charge in [-0.3, -0.25) is 4.79 Å². The van der Waals surface area contributed by atoms with Crippen molar-refractivity contribution in [1.29, 1.82) is 0 Å². The number of aliphatic hydroxyl groups is 1. The van der Waals surface area contributed by atoms with Crippen LogP contribution >= 0.6 is 0 Å². The fourth-order valence-corrected chi connectivity index (χ4v) is 3.89. The lowest BCUT2D eigenvalue weighted by Crippen LogP contribution is -2.17. The Bertz CT molecular complexity index is 1500. The van der Waals surface area contributed by atoms with E-state index in [9.17, 15) is 9.90 Å². The molecule has 0 unspecified atom stereocenters. The van der Waals surface area contributed by atoms with Gasteiger partial charge in [-0.25, -0.2) is 9.50 Å². The summed E-state index contributed by atoms with van der Waals surface area (Å²) in [6, 6.07) is 28.2. The SMILES string of the molecule is CC(C)(O)c1ccc(C(=O)Nc2cc(-c3cccc(OCc4ccccc4)c3)n3nccc3n2)cc1. The molecule has 0 saturated heterocycles. The van der Waals surface area contributed by atoms with Gasteiger partial charge in [0.1, 0.15) is 18.2 Å². The summed E-state index contributed by atoms with van der Waals surface area (Å²) in [6.07, 6.45) is 1.67. The molecular formula is C29H26N4O3. The van der Waals surface area contributed by atoms with Crippen LogP contribution in [0.4, 0.5) is 5.82 Å². The number of hydrogen-bond acceptors (Lipinski definition) is 5. The molecule has 36 heavy (non-hydrogen) atoms. The minimum Gasteiger partial charge on any atom is -0.489 e. The van der Waals surface area contributed by atoms with Crippen LogP contribution in [0.15, 0.2) is 97.2 Å². The number of aromatic nitrogens is 3. The average Bonchev–Trinajstić information content (AvgIpc) is 3.36. The minimum atomic E-state index is -0.974. The van der Waals surface area contributed by atoms with Crippen molar-refractivity contribution in [3.63, 3.8) is 0 Å². The van der Waals surface area contributed by atoms with Crippen LogP contribution in [0.25, 0.3) is 16.9 Å². The molecule has 0 fully saturated rings. The van der Waals surface area contributed by atoms with Crippen LogP contribution < -0.4 is 10.1 Å². The Morgan fingerprint density at radius 2 is 1.75 bits per heavy atom. The Morgan fingerprint density at radius 3 is 2.50 bits per heavy atom. The number of nitrogens with one attached hydrogen (secondary N) is 1. The van der Waals surface area contributed by atoms with Crippen molar-refractivity contribution in [1.82, 2.24) is 14.6 Å². The first kappa shape index (κ1) is 23.3. The van der Waals surface area contributed by atoms with Crippen molar-refractivity contribution >= 4 is 17.4 Å². The molecule has 0 atom stereocenters. The fraction of sp³-hybridized carbons (Fsp3) is 0.138. The molecule has 7 heteroatoms. The maximum Gasteiger partial charge on any atom is 0.256 e. The zero-order valence-electron chi connectivity index (χ0n) is 20.1. The van der Waals surface area contributed by atoms with Crippen LogP contribution in [0.5, 0.6) is 5.75 Å². The zero-order valence-corrected chi connectivity index (χ0v) is 20.1. The number of ether oxygens (including phenoxy) is 1. The molecule has 5 rings (SSSR count). The second kappa shape index (κ2) is 9.64. The van der Waals surface area contributed by atoms with Gasteiger partial charge in [0.15, 0.2) is 5.65 Å². The van der Waals surface area contributed by atoms with Gasteiger partial charge in [-0.1, -0.05) is 54.6 Å². The van der Waals surface area contributed by atoms with Crippen LogP contribution in [-0.2, 0) is 12.2 Å². The number of rotatable bonds is 7. The van der Waals surface area contributed by atoms with Gasteiger partial charge in [0.25, 0.3) is 5.91 Å². The van der Waals surface area contributed by atoms with Gasteiger partial charge in [0.05, 0.1) is 17.5 Å². The Hall–Kier alpha value is -4.49. The average molecular weight is 479 g/mol. The number of carbonyl (C=O) groups is 1.